The van der Waals surface area contributed by atoms with Gasteiger partial charge in [0, 0.05) is 5.56 Å². The van der Waals surface area contributed by atoms with Crippen LogP contribution < -0.4 is 0 Å². The average Bonchev–Trinajstić information content (AvgIpc) is 2.83. The lowest BCUT2D eigenvalue weighted by Gasteiger charge is -2.21. The summed E-state index contributed by atoms with van der Waals surface area (Å²) >= 11 is 0. The molecule has 1 aromatic carbocycles. The second-order valence-electron chi connectivity index (χ2n) is 4.97. The summed E-state index contributed by atoms with van der Waals surface area (Å²) < 4.78 is 1.45. The fourth-order valence-electron chi connectivity index (χ4n) is 1.88. The number of benzene rings is 1. The summed E-state index contributed by atoms with van der Waals surface area (Å²) in [6, 6.07) is 9.07. The second kappa shape index (κ2) is 5.42. The molecule has 106 valence electrons. The summed E-state index contributed by atoms with van der Waals surface area (Å²) in [6.07, 6.45) is 0.531. The number of carbonyl (C=O) groups is 1. The highest BCUT2D eigenvalue weighted by Crippen LogP contribution is 2.24. The zero-order chi connectivity index (χ0) is 14.8. The summed E-state index contributed by atoms with van der Waals surface area (Å²) in [4.78, 5) is 11.3. The van der Waals surface area contributed by atoms with Crippen molar-refractivity contribution in [1.29, 1.82) is 0 Å². The van der Waals surface area contributed by atoms with Crippen molar-refractivity contribution in [3.05, 3.63) is 36.0 Å². The van der Waals surface area contributed by atoms with Gasteiger partial charge in [0.2, 0.25) is 0 Å². The van der Waals surface area contributed by atoms with Crippen LogP contribution in [0, 0.1) is 0 Å². The summed E-state index contributed by atoms with van der Waals surface area (Å²) in [5.41, 5.74) is 0.0456. The van der Waals surface area contributed by atoms with Gasteiger partial charge in [0.05, 0.1) is 12.1 Å². The van der Waals surface area contributed by atoms with Gasteiger partial charge in [-0.15, -0.1) is 5.10 Å². The predicted octanol–water partition coefficient (Wildman–Crippen LogP) is 1.80. The third kappa shape index (κ3) is 2.85. The monoisotopic (exact) mass is 275 g/mol. The van der Waals surface area contributed by atoms with E-state index in [1.807, 2.05) is 25.1 Å². The lowest BCUT2D eigenvalue weighted by atomic mass is 10.0. The fraction of sp³-hybridized carbons (Fsp3) is 0.357. The lowest BCUT2D eigenvalue weighted by molar-refractivity contribution is 0.0344. The summed E-state index contributed by atoms with van der Waals surface area (Å²) in [5, 5.41) is 27.0. The minimum atomic E-state index is -1.13. The van der Waals surface area contributed by atoms with Crippen molar-refractivity contribution in [2.45, 2.75) is 32.4 Å². The molecular weight excluding hydrogens is 258 g/mol. The van der Waals surface area contributed by atoms with E-state index in [1.165, 1.54) is 4.68 Å². The average molecular weight is 275 g/mol. The molecule has 0 radical (unpaired) electrons. The van der Waals surface area contributed by atoms with Gasteiger partial charge in [-0.25, -0.2) is 9.48 Å². The Hall–Kier alpha value is -2.21. The number of hydrogen-bond donors (Lipinski definition) is 2. The molecule has 0 aliphatic carbocycles. The Balaban J connectivity index is 2.52. The molecule has 6 heteroatoms. The maximum atomic E-state index is 11.3. The van der Waals surface area contributed by atoms with E-state index in [0.717, 1.165) is 0 Å². The Labute approximate surface area is 116 Å². The Morgan fingerprint density at radius 2 is 2.00 bits per heavy atom. The third-order valence-corrected chi connectivity index (χ3v) is 3.24. The van der Waals surface area contributed by atoms with E-state index in [9.17, 15) is 15.0 Å². The molecule has 0 amide bonds. The van der Waals surface area contributed by atoms with Crippen molar-refractivity contribution in [2.24, 2.45) is 0 Å². The van der Waals surface area contributed by atoms with Gasteiger partial charge >= 0.3 is 5.97 Å². The van der Waals surface area contributed by atoms with Crippen LogP contribution in [-0.4, -0.2) is 36.8 Å². The predicted molar refractivity (Wildman–Crippen MR) is 73.3 cm³/mol. The molecule has 2 rings (SSSR count). The molecule has 6 nitrogen and oxygen atoms in total. The largest absolute Gasteiger partial charge is 0.476 e. The molecule has 2 aromatic rings. The first kappa shape index (κ1) is 14.2. The molecule has 1 aromatic heterocycles. The topological polar surface area (TPSA) is 88.2 Å². The van der Waals surface area contributed by atoms with Crippen molar-refractivity contribution >= 4 is 5.97 Å². The molecule has 0 spiro atoms. The lowest BCUT2D eigenvalue weighted by Crippen LogP contribution is -2.30. The molecule has 1 unspecified atom stereocenters. The van der Waals surface area contributed by atoms with E-state index in [1.54, 1.807) is 19.1 Å². The highest BCUT2D eigenvalue weighted by atomic mass is 16.4. The molecule has 2 N–H and O–H groups in total. The van der Waals surface area contributed by atoms with Crippen LogP contribution in [-0.2, 0) is 6.54 Å². The van der Waals surface area contributed by atoms with Crippen molar-refractivity contribution < 1.29 is 15.0 Å². The van der Waals surface area contributed by atoms with Crippen molar-refractivity contribution in [3.63, 3.8) is 0 Å². The molecule has 0 saturated carbocycles. The second-order valence-corrected chi connectivity index (χ2v) is 4.97. The molecule has 0 bridgehead atoms. The highest BCUT2D eigenvalue weighted by molar-refractivity contribution is 5.92. The fourth-order valence-corrected chi connectivity index (χ4v) is 1.88. The van der Waals surface area contributed by atoms with Crippen LogP contribution in [0.1, 0.15) is 30.8 Å². The van der Waals surface area contributed by atoms with Gasteiger partial charge in [0.25, 0.3) is 0 Å². The number of aromatic carboxylic acids is 1. The third-order valence-electron chi connectivity index (χ3n) is 3.24. The normalized spacial score (nSPS) is 13.9. The molecule has 20 heavy (non-hydrogen) atoms. The van der Waals surface area contributed by atoms with Crippen molar-refractivity contribution in [3.8, 4) is 11.3 Å². The molecule has 0 aliphatic rings. The van der Waals surface area contributed by atoms with Crippen LogP contribution in [0.15, 0.2) is 30.3 Å². The van der Waals surface area contributed by atoms with Crippen LogP contribution in [0.4, 0.5) is 0 Å². The van der Waals surface area contributed by atoms with Gasteiger partial charge in [0.15, 0.2) is 5.69 Å². The van der Waals surface area contributed by atoms with Crippen LogP contribution in [0.2, 0.25) is 0 Å². The Kier molecular flexibility index (Phi) is 3.85. The number of rotatable bonds is 5. The van der Waals surface area contributed by atoms with E-state index in [4.69, 9.17) is 0 Å². The standard InChI is InChI=1S/C14H17N3O3/c1-3-14(2,20)9-17-12(10-7-5-4-6-8-10)11(13(18)19)15-16-17/h4-8,20H,3,9H2,1-2H3,(H,18,19). The van der Waals surface area contributed by atoms with Gasteiger partial charge in [-0.05, 0) is 13.3 Å². The number of aliphatic hydroxyl groups is 1. The van der Waals surface area contributed by atoms with Crippen LogP contribution >= 0.6 is 0 Å². The first-order valence-electron chi connectivity index (χ1n) is 6.39. The summed E-state index contributed by atoms with van der Waals surface area (Å²) in [7, 11) is 0. The molecular formula is C14H17N3O3. The smallest absolute Gasteiger partial charge is 0.358 e. The summed E-state index contributed by atoms with van der Waals surface area (Å²) in [6.45, 7) is 3.73. The number of carboxylic acid groups (broad SMARTS) is 1. The van der Waals surface area contributed by atoms with Gasteiger partial charge in [-0.1, -0.05) is 42.5 Å². The zero-order valence-corrected chi connectivity index (χ0v) is 11.4. The van der Waals surface area contributed by atoms with Crippen molar-refractivity contribution in [1.82, 2.24) is 15.0 Å². The summed E-state index contributed by atoms with van der Waals surface area (Å²) in [5.74, 6) is -1.13. The molecule has 0 aliphatic heterocycles. The van der Waals surface area contributed by atoms with Gasteiger partial charge < -0.3 is 10.2 Å². The molecule has 1 atom stereocenters. The number of carboxylic acids is 1. The first-order chi connectivity index (χ1) is 9.44. The van der Waals surface area contributed by atoms with E-state index in [0.29, 0.717) is 17.7 Å². The van der Waals surface area contributed by atoms with E-state index >= 15 is 0 Å². The Morgan fingerprint density at radius 3 is 2.55 bits per heavy atom. The van der Waals surface area contributed by atoms with E-state index in [-0.39, 0.29) is 12.2 Å². The maximum Gasteiger partial charge on any atom is 0.358 e. The zero-order valence-electron chi connectivity index (χ0n) is 11.4. The Morgan fingerprint density at radius 1 is 1.35 bits per heavy atom. The minimum absolute atomic E-state index is 0.108. The number of aromatic nitrogens is 3. The SMILES string of the molecule is CCC(C)(O)Cn1nnc(C(=O)O)c1-c1ccccc1. The quantitative estimate of drug-likeness (QED) is 0.868. The van der Waals surface area contributed by atoms with E-state index < -0.39 is 11.6 Å². The minimum Gasteiger partial charge on any atom is -0.476 e. The van der Waals surface area contributed by atoms with Crippen molar-refractivity contribution in [2.75, 3.05) is 0 Å². The number of nitrogens with zero attached hydrogens (tertiary/aromatic N) is 3. The maximum absolute atomic E-state index is 11.3. The van der Waals surface area contributed by atoms with Crippen LogP contribution in [0.3, 0.4) is 0 Å². The Bertz CT molecular complexity index is 605. The molecule has 0 saturated heterocycles. The molecule has 1 heterocycles. The van der Waals surface area contributed by atoms with Crippen LogP contribution in [0.5, 0.6) is 0 Å². The van der Waals surface area contributed by atoms with Gasteiger partial charge in [-0.3, -0.25) is 0 Å². The highest BCUT2D eigenvalue weighted by Gasteiger charge is 2.25. The van der Waals surface area contributed by atoms with Gasteiger partial charge in [-0.2, -0.15) is 0 Å². The number of hydrogen-bond acceptors (Lipinski definition) is 4. The van der Waals surface area contributed by atoms with Crippen LogP contribution in [0.25, 0.3) is 11.3 Å². The van der Waals surface area contributed by atoms with E-state index in [2.05, 4.69) is 10.3 Å². The van der Waals surface area contributed by atoms with Gasteiger partial charge in [0.1, 0.15) is 5.69 Å². The molecule has 0 fully saturated rings. The first-order valence-corrected chi connectivity index (χ1v) is 6.39.